The van der Waals surface area contributed by atoms with Crippen LogP contribution in [0, 0.1) is 22.7 Å². The highest BCUT2D eigenvalue weighted by atomic mass is 16.5. The number of hydrogen-bond donors (Lipinski definition) is 0. The van der Waals surface area contributed by atoms with Crippen LogP contribution in [0.3, 0.4) is 0 Å². The topological polar surface area (TPSA) is 91.1 Å². The Bertz CT molecular complexity index is 1230. The number of piperidine rings is 1. The number of aromatic nitrogens is 4. The van der Waals surface area contributed by atoms with Gasteiger partial charge in [-0.25, -0.2) is 9.97 Å². The summed E-state index contributed by atoms with van der Waals surface area (Å²) in [5, 5.41) is 10.1. The summed E-state index contributed by atoms with van der Waals surface area (Å²) >= 11 is 0. The molecule has 34 heavy (non-hydrogen) atoms. The van der Waals surface area contributed by atoms with Crippen molar-refractivity contribution in [3.8, 4) is 23.2 Å². The van der Waals surface area contributed by atoms with Crippen LogP contribution in [-0.2, 0) is 0 Å². The Balaban J connectivity index is 1.38. The van der Waals surface area contributed by atoms with E-state index >= 15 is 0 Å². The molecule has 6 rings (SSSR count). The van der Waals surface area contributed by atoms with Gasteiger partial charge in [0.05, 0.1) is 35.3 Å². The van der Waals surface area contributed by atoms with Gasteiger partial charge in [0.2, 0.25) is 0 Å². The Morgan fingerprint density at radius 2 is 1.79 bits per heavy atom. The predicted molar refractivity (Wildman–Crippen MR) is 129 cm³/mol. The van der Waals surface area contributed by atoms with Crippen molar-refractivity contribution in [2.75, 3.05) is 38.1 Å². The molecular formula is C26H29N7O. The molecule has 3 fully saturated rings. The van der Waals surface area contributed by atoms with Crippen LogP contribution in [0.1, 0.15) is 32.1 Å². The first-order valence-corrected chi connectivity index (χ1v) is 12.2. The number of anilines is 1. The zero-order valence-electron chi connectivity index (χ0n) is 19.5. The van der Waals surface area contributed by atoms with Gasteiger partial charge in [0.1, 0.15) is 11.9 Å². The van der Waals surface area contributed by atoms with Crippen LogP contribution in [-0.4, -0.2) is 64.2 Å². The van der Waals surface area contributed by atoms with Crippen LogP contribution in [0.4, 0.5) is 5.82 Å². The fourth-order valence-electron chi connectivity index (χ4n) is 5.69. The Labute approximate surface area is 199 Å². The number of rotatable bonds is 4. The van der Waals surface area contributed by atoms with Crippen molar-refractivity contribution < 1.29 is 4.74 Å². The molecule has 0 atom stereocenters. The fourth-order valence-corrected chi connectivity index (χ4v) is 5.69. The third-order valence-electron chi connectivity index (χ3n) is 7.82. The summed E-state index contributed by atoms with van der Waals surface area (Å²) in [4.78, 5) is 23.4. The molecule has 3 aromatic heterocycles. The molecule has 1 spiro atoms. The van der Waals surface area contributed by atoms with Crippen molar-refractivity contribution in [1.82, 2.24) is 24.8 Å². The molecule has 0 aromatic carbocycles. The van der Waals surface area contributed by atoms with Gasteiger partial charge in [0.15, 0.2) is 11.6 Å². The number of pyridine rings is 2. The van der Waals surface area contributed by atoms with Crippen molar-refractivity contribution >= 4 is 16.7 Å². The quantitative estimate of drug-likeness (QED) is 0.588. The minimum Gasteiger partial charge on any atom is -0.488 e. The van der Waals surface area contributed by atoms with Gasteiger partial charge < -0.3 is 14.5 Å². The van der Waals surface area contributed by atoms with Crippen LogP contribution >= 0.6 is 0 Å². The maximum absolute atomic E-state index is 9.15. The van der Waals surface area contributed by atoms with Crippen LogP contribution < -0.4 is 9.64 Å². The van der Waals surface area contributed by atoms with E-state index in [-0.39, 0.29) is 12.0 Å². The summed E-state index contributed by atoms with van der Waals surface area (Å²) in [7, 11) is 2.23. The standard InChI is InChI=1S/C26H29N7O/c1-32-9-4-26(17-32)5-10-33(11-6-26)25-23-21(30-24(31-25)19-2-7-28-8-3-19)15-29-16-22(23)34-20-12-18(13-20)14-27/h2-3,7-8,15-16,18,20H,4-6,9-13,17H2,1H3. The highest BCUT2D eigenvalue weighted by Gasteiger charge is 2.40. The molecule has 1 saturated carbocycles. The molecular weight excluding hydrogens is 426 g/mol. The minimum absolute atomic E-state index is 0.0448. The van der Waals surface area contributed by atoms with E-state index in [1.54, 1.807) is 24.8 Å². The van der Waals surface area contributed by atoms with E-state index in [1.807, 2.05) is 12.1 Å². The maximum atomic E-state index is 9.15. The van der Waals surface area contributed by atoms with E-state index in [0.29, 0.717) is 11.2 Å². The molecule has 0 bridgehead atoms. The molecule has 8 heteroatoms. The Morgan fingerprint density at radius 3 is 2.50 bits per heavy atom. The molecule has 3 aliphatic rings. The van der Waals surface area contributed by atoms with Crippen LogP contribution in [0.25, 0.3) is 22.3 Å². The zero-order chi connectivity index (χ0) is 23.1. The Hall–Kier alpha value is -3.31. The summed E-state index contributed by atoms with van der Waals surface area (Å²) in [6, 6.07) is 6.21. The molecule has 0 unspecified atom stereocenters. The maximum Gasteiger partial charge on any atom is 0.162 e. The molecule has 5 heterocycles. The summed E-state index contributed by atoms with van der Waals surface area (Å²) in [5.74, 6) is 2.41. The summed E-state index contributed by atoms with van der Waals surface area (Å²) in [6.45, 7) is 4.32. The highest BCUT2D eigenvalue weighted by Crippen LogP contribution is 2.43. The lowest BCUT2D eigenvalue weighted by molar-refractivity contribution is 0.0905. The Kier molecular flexibility index (Phi) is 5.30. The molecule has 2 saturated heterocycles. The van der Waals surface area contributed by atoms with Crippen LogP contribution in [0.15, 0.2) is 36.9 Å². The summed E-state index contributed by atoms with van der Waals surface area (Å²) in [5.41, 5.74) is 2.15. The number of nitriles is 1. The molecule has 0 radical (unpaired) electrons. The molecule has 0 N–H and O–H groups in total. The first-order chi connectivity index (χ1) is 16.6. The van der Waals surface area contributed by atoms with Gasteiger partial charge >= 0.3 is 0 Å². The number of hydrogen-bond acceptors (Lipinski definition) is 8. The SMILES string of the molecule is CN1CCC2(CCN(c3nc(-c4ccncc4)nc4cncc(OC5CC(C#N)C5)c34)CC2)C1. The fraction of sp³-hybridized carbons (Fsp3) is 0.500. The second-order valence-corrected chi connectivity index (χ2v) is 10.2. The number of likely N-dealkylation sites (tertiary alicyclic amines) is 1. The Morgan fingerprint density at radius 1 is 1.03 bits per heavy atom. The lowest BCUT2D eigenvalue weighted by atomic mass is 9.78. The van der Waals surface area contributed by atoms with E-state index < -0.39 is 0 Å². The van der Waals surface area contributed by atoms with Gasteiger partial charge in [0, 0.05) is 50.4 Å². The molecule has 1 aliphatic carbocycles. The monoisotopic (exact) mass is 455 g/mol. The predicted octanol–water partition coefficient (Wildman–Crippen LogP) is 3.69. The van der Waals surface area contributed by atoms with Crippen molar-refractivity contribution in [3.63, 3.8) is 0 Å². The second-order valence-electron chi connectivity index (χ2n) is 10.2. The van der Waals surface area contributed by atoms with E-state index in [1.165, 1.54) is 32.4 Å². The average molecular weight is 456 g/mol. The van der Waals surface area contributed by atoms with Crippen molar-refractivity contribution in [2.24, 2.45) is 11.3 Å². The largest absolute Gasteiger partial charge is 0.488 e. The molecule has 0 amide bonds. The zero-order valence-corrected chi connectivity index (χ0v) is 19.5. The smallest absolute Gasteiger partial charge is 0.162 e. The third-order valence-corrected chi connectivity index (χ3v) is 7.82. The summed E-state index contributed by atoms with van der Waals surface area (Å²) < 4.78 is 6.34. The normalized spacial score (nSPS) is 24.2. The van der Waals surface area contributed by atoms with Gasteiger partial charge in [-0.05, 0) is 50.4 Å². The van der Waals surface area contributed by atoms with Gasteiger partial charge in [-0.15, -0.1) is 0 Å². The first-order valence-electron chi connectivity index (χ1n) is 12.2. The number of nitrogens with zero attached hydrogens (tertiary/aromatic N) is 7. The van der Waals surface area contributed by atoms with Crippen molar-refractivity contribution in [2.45, 2.75) is 38.2 Å². The third kappa shape index (κ3) is 3.84. The van der Waals surface area contributed by atoms with Gasteiger partial charge in [-0.1, -0.05) is 0 Å². The van der Waals surface area contributed by atoms with Gasteiger partial charge in [-0.3, -0.25) is 9.97 Å². The second kappa shape index (κ2) is 8.48. The van der Waals surface area contributed by atoms with E-state index in [4.69, 9.17) is 20.0 Å². The molecule has 3 aromatic rings. The van der Waals surface area contributed by atoms with E-state index in [0.717, 1.165) is 54.0 Å². The van der Waals surface area contributed by atoms with Crippen molar-refractivity contribution in [1.29, 1.82) is 5.26 Å². The first kappa shape index (κ1) is 21.2. The lowest BCUT2D eigenvalue weighted by Gasteiger charge is -2.40. The van der Waals surface area contributed by atoms with Crippen LogP contribution in [0.5, 0.6) is 5.75 Å². The van der Waals surface area contributed by atoms with Crippen molar-refractivity contribution in [3.05, 3.63) is 36.9 Å². The van der Waals surface area contributed by atoms with E-state index in [9.17, 15) is 0 Å². The molecule has 2 aliphatic heterocycles. The van der Waals surface area contributed by atoms with E-state index in [2.05, 4.69) is 32.9 Å². The summed E-state index contributed by atoms with van der Waals surface area (Å²) in [6.07, 6.45) is 12.3. The lowest BCUT2D eigenvalue weighted by Crippen LogP contribution is -2.42. The average Bonchev–Trinajstić information content (AvgIpc) is 3.21. The van der Waals surface area contributed by atoms with Gasteiger partial charge in [-0.2, -0.15) is 5.26 Å². The van der Waals surface area contributed by atoms with Crippen LogP contribution in [0.2, 0.25) is 0 Å². The highest BCUT2D eigenvalue weighted by molar-refractivity contribution is 5.95. The number of ether oxygens (including phenoxy) is 1. The molecule has 8 nitrogen and oxygen atoms in total. The number of fused-ring (bicyclic) bond motifs is 1. The minimum atomic E-state index is 0.0448. The van der Waals surface area contributed by atoms with Gasteiger partial charge in [0.25, 0.3) is 0 Å². The molecule has 174 valence electrons.